The predicted octanol–water partition coefficient (Wildman–Crippen LogP) is 0.844. The first-order chi connectivity index (χ1) is 11.9. The number of nitrogens with zero attached hydrogens (tertiary/aromatic N) is 2. The molecule has 1 unspecified atom stereocenters. The number of hydrogen-bond donors (Lipinski definition) is 1. The Bertz CT molecular complexity index is 818. The van der Waals surface area contributed by atoms with E-state index in [-0.39, 0.29) is 15.8 Å². The first-order valence-corrected chi connectivity index (χ1v) is 11.5. The van der Waals surface area contributed by atoms with Crippen molar-refractivity contribution in [2.24, 2.45) is 0 Å². The zero-order valence-electron chi connectivity index (χ0n) is 14.4. The van der Waals surface area contributed by atoms with Crippen molar-refractivity contribution in [3.05, 3.63) is 24.3 Å². The molecule has 1 atom stereocenters. The van der Waals surface area contributed by atoms with E-state index in [0.717, 1.165) is 25.7 Å². The fraction of sp³-hybridized carbons (Fsp3) is 0.625. The van der Waals surface area contributed by atoms with Crippen LogP contribution in [-0.2, 0) is 20.0 Å². The molecule has 0 bridgehead atoms. The van der Waals surface area contributed by atoms with E-state index in [9.17, 15) is 16.8 Å². The van der Waals surface area contributed by atoms with Crippen LogP contribution >= 0.6 is 0 Å². The van der Waals surface area contributed by atoms with E-state index < -0.39 is 20.0 Å². The molecule has 2 aliphatic rings. The molecule has 0 radical (unpaired) electrons. The van der Waals surface area contributed by atoms with Gasteiger partial charge in [-0.1, -0.05) is 12.1 Å². The molecule has 0 amide bonds. The Kier molecular flexibility index (Phi) is 5.50. The Morgan fingerprint density at radius 3 is 1.96 bits per heavy atom. The molecule has 7 nitrogen and oxygen atoms in total. The van der Waals surface area contributed by atoms with Crippen LogP contribution in [0, 0.1) is 0 Å². The summed E-state index contributed by atoms with van der Waals surface area (Å²) in [4.78, 5) is -0.220. The van der Waals surface area contributed by atoms with E-state index in [1.54, 1.807) is 12.1 Å². The van der Waals surface area contributed by atoms with Crippen molar-refractivity contribution in [2.75, 3.05) is 33.2 Å². The van der Waals surface area contributed by atoms with E-state index in [0.29, 0.717) is 26.2 Å². The minimum atomic E-state index is -3.86. The van der Waals surface area contributed by atoms with Crippen LogP contribution in [0.4, 0.5) is 0 Å². The van der Waals surface area contributed by atoms with Crippen molar-refractivity contribution in [3.8, 4) is 0 Å². The maximum Gasteiger partial charge on any atom is 0.244 e. The first-order valence-electron chi connectivity index (χ1n) is 8.64. The van der Waals surface area contributed by atoms with Crippen LogP contribution in [0.3, 0.4) is 0 Å². The van der Waals surface area contributed by atoms with Gasteiger partial charge in [-0.15, -0.1) is 0 Å². The number of hydrogen-bond acceptors (Lipinski definition) is 5. The van der Waals surface area contributed by atoms with E-state index in [1.807, 2.05) is 7.05 Å². The van der Waals surface area contributed by atoms with Crippen molar-refractivity contribution in [3.63, 3.8) is 0 Å². The summed E-state index contributed by atoms with van der Waals surface area (Å²) in [5.74, 6) is 0. The number of sulfonamides is 2. The summed E-state index contributed by atoms with van der Waals surface area (Å²) in [7, 11) is -5.85. The third-order valence-corrected chi connectivity index (χ3v) is 8.95. The van der Waals surface area contributed by atoms with E-state index in [2.05, 4.69) is 5.32 Å². The van der Waals surface area contributed by atoms with Crippen LogP contribution in [0.1, 0.15) is 25.7 Å². The minimum absolute atomic E-state index is 0.0888. The maximum absolute atomic E-state index is 13.1. The molecule has 2 fully saturated rings. The van der Waals surface area contributed by atoms with Gasteiger partial charge in [-0.25, -0.2) is 16.8 Å². The quantitative estimate of drug-likeness (QED) is 0.809. The number of piperidine rings is 1. The fourth-order valence-corrected chi connectivity index (χ4v) is 7.30. The molecule has 0 aliphatic carbocycles. The van der Waals surface area contributed by atoms with Gasteiger partial charge in [0.1, 0.15) is 9.79 Å². The summed E-state index contributed by atoms with van der Waals surface area (Å²) in [5, 5.41) is 3.11. The number of rotatable bonds is 5. The lowest BCUT2D eigenvalue weighted by Gasteiger charge is -2.32. The zero-order valence-corrected chi connectivity index (χ0v) is 16.0. The van der Waals surface area contributed by atoms with Crippen molar-refractivity contribution in [1.82, 2.24) is 13.9 Å². The Morgan fingerprint density at radius 1 is 0.880 bits per heavy atom. The Labute approximate surface area is 150 Å². The van der Waals surface area contributed by atoms with E-state index in [1.165, 1.54) is 20.7 Å². The molecular formula is C16H25N3O4S2. The summed E-state index contributed by atoms with van der Waals surface area (Å²) in [5.41, 5.74) is 0. The van der Waals surface area contributed by atoms with Gasteiger partial charge in [0.25, 0.3) is 0 Å². The van der Waals surface area contributed by atoms with Gasteiger partial charge in [-0.05, 0) is 44.9 Å². The smallest absolute Gasteiger partial charge is 0.244 e. The Morgan fingerprint density at radius 2 is 1.40 bits per heavy atom. The first kappa shape index (κ1) is 18.8. The summed E-state index contributed by atoms with van der Waals surface area (Å²) < 4.78 is 54.9. The molecule has 0 saturated carbocycles. The van der Waals surface area contributed by atoms with Gasteiger partial charge >= 0.3 is 0 Å². The van der Waals surface area contributed by atoms with Gasteiger partial charge in [0.05, 0.1) is 0 Å². The van der Waals surface area contributed by atoms with Gasteiger partial charge in [-0.2, -0.15) is 8.61 Å². The average molecular weight is 388 g/mol. The van der Waals surface area contributed by atoms with Crippen LogP contribution in [0.2, 0.25) is 0 Å². The highest BCUT2D eigenvalue weighted by Gasteiger charge is 2.36. The molecule has 3 rings (SSSR count). The Hall–Kier alpha value is -1.00. The number of benzene rings is 1. The average Bonchev–Trinajstić information content (AvgIpc) is 3.17. The second-order valence-electron chi connectivity index (χ2n) is 6.55. The van der Waals surface area contributed by atoms with Crippen molar-refractivity contribution in [2.45, 2.75) is 41.5 Å². The molecule has 1 aromatic carbocycles. The highest BCUT2D eigenvalue weighted by molar-refractivity contribution is 7.92. The third kappa shape index (κ3) is 3.61. The molecule has 0 spiro atoms. The molecule has 9 heteroatoms. The molecule has 1 aromatic rings. The summed E-state index contributed by atoms with van der Waals surface area (Å²) >= 11 is 0. The predicted molar refractivity (Wildman–Crippen MR) is 95.3 cm³/mol. The highest BCUT2D eigenvalue weighted by Crippen LogP contribution is 2.29. The standard InChI is InChI=1S/C16H25N3O4S2/c1-17-14-7-6-12-19(13-14)25(22,23)16-9-3-2-8-15(16)24(20,21)18-10-4-5-11-18/h2-3,8-9,14,17H,4-7,10-13H2,1H3. The number of nitrogens with one attached hydrogen (secondary N) is 1. The van der Waals surface area contributed by atoms with Crippen molar-refractivity contribution >= 4 is 20.0 Å². The van der Waals surface area contributed by atoms with E-state index >= 15 is 0 Å². The topological polar surface area (TPSA) is 86.8 Å². The van der Waals surface area contributed by atoms with Crippen LogP contribution < -0.4 is 5.32 Å². The zero-order chi connectivity index (χ0) is 18.1. The van der Waals surface area contributed by atoms with Crippen LogP contribution in [0.15, 0.2) is 34.1 Å². The molecule has 2 saturated heterocycles. The van der Waals surface area contributed by atoms with Gasteiger partial charge in [0.2, 0.25) is 20.0 Å². The molecule has 0 aromatic heterocycles. The maximum atomic E-state index is 13.1. The molecule has 2 aliphatic heterocycles. The summed E-state index contributed by atoms with van der Waals surface area (Å²) in [6, 6.07) is 6.05. The van der Waals surface area contributed by atoms with Crippen LogP contribution in [-0.4, -0.2) is 64.7 Å². The summed E-state index contributed by atoms with van der Waals surface area (Å²) in [6.45, 7) is 1.67. The van der Waals surface area contributed by atoms with Crippen LogP contribution in [0.5, 0.6) is 0 Å². The molecular weight excluding hydrogens is 362 g/mol. The molecule has 140 valence electrons. The van der Waals surface area contributed by atoms with Crippen molar-refractivity contribution in [1.29, 1.82) is 0 Å². The molecule has 1 N–H and O–H groups in total. The third-order valence-electron chi connectivity index (χ3n) is 4.94. The molecule has 2 heterocycles. The van der Waals surface area contributed by atoms with Crippen LogP contribution in [0.25, 0.3) is 0 Å². The molecule has 25 heavy (non-hydrogen) atoms. The second-order valence-corrected chi connectivity index (χ2v) is 10.4. The van der Waals surface area contributed by atoms with Crippen molar-refractivity contribution < 1.29 is 16.8 Å². The van der Waals surface area contributed by atoms with Gasteiger partial charge in [0, 0.05) is 32.2 Å². The lowest BCUT2D eigenvalue weighted by molar-refractivity contribution is 0.292. The monoisotopic (exact) mass is 387 g/mol. The normalized spacial score (nSPS) is 23.8. The SMILES string of the molecule is CNC1CCCN(S(=O)(=O)c2ccccc2S(=O)(=O)N2CCCC2)C1. The van der Waals surface area contributed by atoms with Gasteiger partial charge in [0.15, 0.2) is 0 Å². The van der Waals surface area contributed by atoms with Gasteiger partial charge < -0.3 is 5.32 Å². The fourth-order valence-electron chi connectivity index (χ4n) is 3.48. The lowest BCUT2D eigenvalue weighted by atomic mass is 10.1. The Balaban J connectivity index is 2.00. The largest absolute Gasteiger partial charge is 0.316 e. The second kappa shape index (κ2) is 7.32. The lowest BCUT2D eigenvalue weighted by Crippen LogP contribution is -2.47. The highest BCUT2D eigenvalue weighted by atomic mass is 32.2. The number of likely N-dealkylation sites (N-methyl/N-ethyl adjacent to an activating group) is 1. The minimum Gasteiger partial charge on any atom is -0.316 e. The van der Waals surface area contributed by atoms with Gasteiger partial charge in [-0.3, -0.25) is 0 Å². The summed E-state index contributed by atoms with van der Waals surface area (Å²) in [6.07, 6.45) is 3.29. The van der Waals surface area contributed by atoms with E-state index in [4.69, 9.17) is 0 Å².